The molecule has 1 aromatic carbocycles. The van der Waals surface area contributed by atoms with Gasteiger partial charge in [0.1, 0.15) is 11.9 Å². The summed E-state index contributed by atoms with van der Waals surface area (Å²) in [7, 11) is 0. The minimum atomic E-state index is -0.453. The third-order valence-electron chi connectivity index (χ3n) is 3.40. The molecule has 25 heavy (non-hydrogen) atoms. The highest BCUT2D eigenvalue weighted by molar-refractivity contribution is 8.10. The quantitative estimate of drug-likeness (QED) is 0.577. The van der Waals surface area contributed by atoms with Crippen LogP contribution in [0.5, 0.6) is 5.75 Å². The number of aliphatic hydroxyl groups excluding tert-OH is 1. The van der Waals surface area contributed by atoms with Gasteiger partial charge in [-0.15, -0.1) is 0 Å². The molecule has 7 heteroatoms. The van der Waals surface area contributed by atoms with Crippen LogP contribution in [-0.4, -0.2) is 27.7 Å². The van der Waals surface area contributed by atoms with Crippen molar-refractivity contribution < 1.29 is 14.8 Å². The summed E-state index contributed by atoms with van der Waals surface area (Å²) in [4.78, 5) is 16.2. The SMILES string of the molecule is C/C=C\S/C(=C\C)c1cc(OC(C)CO)c2cc([N+](=O)[O-])ccc2n1. The average molecular weight is 360 g/mol. The summed E-state index contributed by atoms with van der Waals surface area (Å²) >= 11 is 1.53. The number of rotatable bonds is 7. The number of nitrogens with zero attached hydrogens (tertiary/aromatic N) is 2. The van der Waals surface area contributed by atoms with E-state index in [0.29, 0.717) is 22.3 Å². The third kappa shape index (κ3) is 4.58. The van der Waals surface area contributed by atoms with Gasteiger partial charge < -0.3 is 9.84 Å². The number of non-ortho nitro benzene ring substituents is 1. The monoisotopic (exact) mass is 360 g/mol. The number of aromatic nitrogens is 1. The Morgan fingerprint density at radius 3 is 2.80 bits per heavy atom. The van der Waals surface area contributed by atoms with Crippen molar-refractivity contribution in [1.29, 1.82) is 0 Å². The highest BCUT2D eigenvalue weighted by Crippen LogP contribution is 2.35. The van der Waals surface area contributed by atoms with Crippen molar-refractivity contribution in [3.63, 3.8) is 0 Å². The number of allylic oxidation sites excluding steroid dienone is 2. The summed E-state index contributed by atoms with van der Waals surface area (Å²) < 4.78 is 5.78. The predicted octanol–water partition coefficient (Wildman–Crippen LogP) is 4.53. The summed E-state index contributed by atoms with van der Waals surface area (Å²) in [5.41, 5.74) is 1.29. The lowest BCUT2D eigenvalue weighted by Gasteiger charge is -2.16. The van der Waals surface area contributed by atoms with Crippen LogP contribution in [-0.2, 0) is 0 Å². The Balaban J connectivity index is 2.63. The van der Waals surface area contributed by atoms with E-state index in [0.717, 1.165) is 4.91 Å². The first-order valence-electron chi connectivity index (χ1n) is 7.81. The molecule has 0 aliphatic carbocycles. The molecule has 2 aromatic rings. The fourth-order valence-electron chi connectivity index (χ4n) is 2.19. The van der Waals surface area contributed by atoms with E-state index >= 15 is 0 Å². The van der Waals surface area contributed by atoms with E-state index in [-0.39, 0.29) is 12.3 Å². The van der Waals surface area contributed by atoms with Gasteiger partial charge in [0.05, 0.1) is 22.7 Å². The lowest BCUT2D eigenvalue weighted by atomic mass is 10.1. The molecule has 132 valence electrons. The topological polar surface area (TPSA) is 85.5 Å². The Kier molecular flexibility index (Phi) is 6.55. The fourth-order valence-corrected chi connectivity index (χ4v) is 2.84. The van der Waals surface area contributed by atoms with E-state index < -0.39 is 11.0 Å². The van der Waals surface area contributed by atoms with Gasteiger partial charge in [-0.25, -0.2) is 4.98 Å². The molecule has 1 atom stereocenters. The van der Waals surface area contributed by atoms with Crippen LogP contribution in [0, 0.1) is 10.1 Å². The van der Waals surface area contributed by atoms with Crippen molar-refractivity contribution >= 4 is 33.3 Å². The normalized spacial score (nSPS) is 13.4. The van der Waals surface area contributed by atoms with Crippen LogP contribution in [0.25, 0.3) is 15.8 Å². The van der Waals surface area contributed by atoms with Crippen molar-refractivity contribution in [2.75, 3.05) is 6.61 Å². The molecule has 0 saturated heterocycles. The first-order chi connectivity index (χ1) is 12.0. The van der Waals surface area contributed by atoms with Crippen LogP contribution in [0.2, 0.25) is 0 Å². The highest BCUT2D eigenvalue weighted by atomic mass is 32.2. The summed E-state index contributed by atoms with van der Waals surface area (Å²) in [6, 6.07) is 6.23. The predicted molar refractivity (Wildman–Crippen MR) is 102 cm³/mol. The number of pyridine rings is 1. The van der Waals surface area contributed by atoms with E-state index in [2.05, 4.69) is 4.98 Å². The van der Waals surface area contributed by atoms with E-state index in [1.54, 1.807) is 19.1 Å². The first-order valence-corrected chi connectivity index (χ1v) is 8.69. The molecule has 0 spiro atoms. The number of nitro groups is 1. The van der Waals surface area contributed by atoms with Crippen LogP contribution < -0.4 is 4.74 Å². The molecule has 1 unspecified atom stereocenters. The molecule has 1 heterocycles. The van der Waals surface area contributed by atoms with E-state index in [1.807, 2.05) is 31.4 Å². The zero-order chi connectivity index (χ0) is 18.4. The summed E-state index contributed by atoms with van der Waals surface area (Å²) in [6.45, 7) is 5.43. The number of aliphatic hydroxyl groups is 1. The third-order valence-corrected chi connectivity index (χ3v) is 4.50. The van der Waals surface area contributed by atoms with Crippen LogP contribution >= 0.6 is 11.8 Å². The molecule has 0 fully saturated rings. The van der Waals surface area contributed by atoms with Gasteiger partial charge >= 0.3 is 0 Å². The van der Waals surface area contributed by atoms with Crippen molar-refractivity contribution in [1.82, 2.24) is 4.98 Å². The number of ether oxygens (including phenoxy) is 1. The van der Waals surface area contributed by atoms with Crippen molar-refractivity contribution in [3.8, 4) is 5.75 Å². The maximum atomic E-state index is 11.1. The smallest absolute Gasteiger partial charge is 0.270 e. The standard InChI is InChI=1S/C18H20N2O4S/c1-4-8-25-18(5-2)16-10-17(24-12(3)11-21)14-9-13(20(22)23)6-7-15(14)19-16/h4-10,12,21H,11H2,1-3H3/b8-4-,18-5-. The molecular weight excluding hydrogens is 340 g/mol. The largest absolute Gasteiger partial charge is 0.488 e. The molecule has 0 amide bonds. The van der Waals surface area contributed by atoms with Gasteiger partial charge in [0, 0.05) is 28.5 Å². The van der Waals surface area contributed by atoms with Gasteiger partial charge in [0.25, 0.3) is 5.69 Å². The van der Waals surface area contributed by atoms with Crippen molar-refractivity contribution in [3.05, 3.63) is 57.6 Å². The molecule has 0 bridgehead atoms. The van der Waals surface area contributed by atoms with Crippen molar-refractivity contribution in [2.45, 2.75) is 26.9 Å². The number of fused-ring (bicyclic) bond motifs is 1. The van der Waals surface area contributed by atoms with Gasteiger partial charge in [-0.1, -0.05) is 23.9 Å². The molecule has 0 aliphatic heterocycles. The second-order valence-corrected chi connectivity index (χ2v) is 6.26. The van der Waals surface area contributed by atoms with Gasteiger partial charge in [-0.2, -0.15) is 0 Å². The number of hydrogen-bond donors (Lipinski definition) is 1. The second kappa shape index (κ2) is 8.64. The van der Waals surface area contributed by atoms with Crippen LogP contribution in [0.3, 0.4) is 0 Å². The summed E-state index contributed by atoms with van der Waals surface area (Å²) in [5.74, 6) is 0.464. The Bertz CT molecular complexity index is 833. The van der Waals surface area contributed by atoms with E-state index in [9.17, 15) is 15.2 Å². The molecule has 0 saturated carbocycles. The number of nitro benzene ring substituents is 1. The van der Waals surface area contributed by atoms with Crippen LogP contribution in [0.4, 0.5) is 5.69 Å². The molecule has 2 rings (SSSR count). The van der Waals surface area contributed by atoms with Gasteiger partial charge in [-0.3, -0.25) is 10.1 Å². The molecule has 1 N–H and O–H groups in total. The summed E-state index contributed by atoms with van der Waals surface area (Å²) in [6.07, 6.45) is 3.45. The molecule has 6 nitrogen and oxygen atoms in total. The first kappa shape index (κ1) is 19.0. The highest BCUT2D eigenvalue weighted by Gasteiger charge is 2.15. The minimum absolute atomic E-state index is 0.0295. The van der Waals surface area contributed by atoms with Crippen LogP contribution in [0.1, 0.15) is 26.5 Å². The lowest BCUT2D eigenvalue weighted by molar-refractivity contribution is -0.384. The molecule has 0 radical (unpaired) electrons. The minimum Gasteiger partial charge on any atom is -0.488 e. The van der Waals surface area contributed by atoms with Gasteiger partial charge in [-0.05, 0) is 32.2 Å². The van der Waals surface area contributed by atoms with E-state index in [1.165, 1.54) is 23.9 Å². The zero-order valence-corrected chi connectivity index (χ0v) is 15.1. The Hall–Kier alpha value is -2.38. The van der Waals surface area contributed by atoms with Crippen molar-refractivity contribution in [2.24, 2.45) is 0 Å². The zero-order valence-electron chi connectivity index (χ0n) is 14.3. The number of hydrogen-bond acceptors (Lipinski definition) is 6. The molecule has 0 aliphatic rings. The Labute approximate surface area is 150 Å². The van der Waals surface area contributed by atoms with Gasteiger partial charge in [0.15, 0.2) is 0 Å². The lowest BCUT2D eigenvalue weighted by Crippen LogP contribution is -2.16. The van der Waals surface area contributed by atoms with Crippen LogP contribution in [0.15, 0.2) is 41.8 Å². The fraction of sp³-hybridized carbons (Fsp3) is 0.278. The Morgan fingerprint density at radius 1 is 1.44 bits per heavy atom. The van der Waals surface area contributed by atoms with E-state index in [4.69, 9.17) is 4.74 Å². The second-order valence-electron chi connectivity index (χ2n) is 5.32. The Morgan fingerprint density at radius 2 is 2.20 bits per heavy atom. The summed E-state index contributed by atoms with van der Waals surface area (Å²) in [5, 5.41) is 22.8. The number of thioether (sulfide) groups is 1. The van der Waals surface area contributed by atoms with Gasteiger partial charge in [0.2, 0.25) is 0 Å². The maximum absolute atomic E-state index is 11.1. The molecular formula is C18H20N2O4S. The molecule has 1 aromatic heterocycles. The number of benzene rings is 1. The average Bonchev–Trinajstić information content (AvgIpc) is 2.61. The maximum Gasteiger partial charge on any atom is 0.270 e.